The van der Waals surface area contributed by atoms with Crippen LogP contribution in [0.3, 0.4) is 0 Å². The predicted octanol–water partition coefficient (Wildman–Crippen LogP) is 3.12. The maximum absolute atomic E-state index is 12.9. The molecule has 0 saturated carbocycles. The molecule has 0 radical (unpaired) electrons. The van der Waals surface area contributed by atoms with E-state index in [0.717, 1.165) is 12.1 Å². The Labute approximate surface area is 161 Å². The van der Waals surface area contributed by atoms with Crippen molar-refractivity contribution >= 4 is 21.4 Å². The fourth-order valence-electron chi connectivity index (χ4n) is 3.10. The smallest absolute Gasteiger partial charge is 0.324 e. The molecule has 150 valence electrons. The van der Waals surface area contributed by atoms with Gasteiger partial charge in [-0.1, -0.05) is 30.3 Å². The molecule has 1 atom stereocenters. The minimum absolute atomic E-state index is 0.0378. The van der Waals surface area contributed by atoms with Gasteiger partial charge < -0.3 is 5.32 Å². The van der Waals surface area contributed by atoms with Crippen molar-refractivity contribution < 1.29 is 26.4 Å². The molecule has 0 aromatic heterocycles. The fourth-order valence-corrected chi connectivity index (χ4v) is 4.33. The maximum Gasteiger partial charge on any atom is 0.416 e. The van der Waals surface area contributed by atoms with Gasteiger partial charge in [-0.25, -0.2) is 8.42 Å². The van der Waals surface area contributed by atoms with Gasteiger partial charge in [-0.2, -0.15) is 13.2 Å². The third-order valence-electron chi connectivity index (χ3n) is 4.59. The molecule has 1 aliphatic heterocycles. The number of alkyl halides is 3. The molecule has 1 fully saturated rings. The normalized spacial score (nSPS) is 18.4. The van der Waals surface area contributed by atoms with Crippen LogP contribution in [0.5, 0.6) is 0 Å². The molecule has 0 spiro atoms. The highest BCUT2D eigenvalue weighted by Crippen LogP contribution is 2.30. The minimum Gasteiger partial charge on any atom is -0.324 e. The summed E-state index contributed by atoms with van der Waals surface area (Å²) in [6.45, 7) is 0.421. The lowest BCUT2D eigenvalue weighted by Crippen LogP contribution is -2.46. The van der Waals surface area contributed by atoms with Crippen molar-refractivity contribution in [1.82, 2.24) is 4.90 Å². The zero-order chi connectivity index (χ0) is 20.4. The largest absolute Gasteiger partial charge is 0.416 e. The van der Waals surface area contributed by atoms with Crippen molar-refractivity contribution in [2.75, 3.05) is 29.9 Å². The van der Waals surface area contributed by atoms with Crippen LogP contribution in [0, 0.1) is 0 Å². The molecule has 1 amide bonds. The zero-order valence-corrected chi connectivity index (χ0v) is 15.6. The monoisotopic (exact) mass is 412 g/mol. The summed E-state index contributed by atoms with van der Waals surface area (Å²) in [5.74, 6) is -0.501. The van der Waals surface area contributed by atoms with E-state index >= 15 is 0 Å². The molecule has 1 unspecified atom stereocenters. The Morgan fingerprint density at radius 1 is 0.964 bits per heavy atom. The number of amides is 1. The van der Waals surface area contributed by atoms with Crippen LogP contribution in [0.1, 0.15) is 17.2 Å². The lowest BCUT2D eigenvalue weighted by atomic mass is 10.0. The highest BCUT2D eigenvalue weighted by atomic mass is 32.2. The molecular formula is C19H19F3N2O3S. The average Bonchev–Trinajstić information content (AvgIpc) is 2.64. The van der Waals surface area contributed by atoms with Gasteiger partial charge in [-0.15, -0.1) is 0 Å². The molecular weight excluding hydrogens is 393 g/mol. The standard InChI is InChI=1S/C19H19F3N2O3S/c20-19(21,22)15-6-8-16(9-7-15)23-18(25)17(14-4-2-1-3-5-14)24-10-12-28(26,27)13-11-24/h1-9,17H,10-13H2,(H,23,25). The number of benzene rings is 2. The molecule has 1 saturated heterocycles. The molecule has 1 aliphatic rings. The SMILES string of the molecule is O=C(Nc1ccc(C(F)(F)F)cc1)C(c1ccccc1)N1CCS(=O)(=O)CC1. The van der Waals surface area contributed by atoms with Crippen LogP contribution in [-0.4, -0.2) is 43.8 Å². The van der Waals surface area contributed by atoms with Crippen LogP contribution in [0.15, 0.2) is 54.6 Å². The molecule has 5 nitrogen and oxygen atoms in total. The van der Waals surface area contributed by atoms with E-state index in [1.165, 1.54) is 12.1 Å². The van der Waals surface area contributed by atoms with E-state index in [4.69, 9.17) is 0 Å². The van der Waals surface area contributed by atoms with Gasteiger partial charge >= 0.3 is 6.18 Å². The molecule has 2 aromatic carbocycles. The summed E-state index contributed by atoms with van der Waals surface area (Å²) in [7, 11) is -3.11. The second kappa shape index (κ2) is 7.92. The van der Waals surface area contributed by atoms with E-state index < -0.39 is 33.5 Å². The first-order valence-electron chi connectivity index (χ1n) is 8.63. The number of halogens is 3. The molecule has 9 heteroatoms. The lowest BCUT2D eigenvalue weighted by Gasteiger charge is -2.33. The Hall–Kier alpha value is -2.39. The van der Waals surface area contributed by atoms with Crippen molar-refractivity contribution in [1.29, 1.82) is 0 Å². The third-order valence-corrected chi connectivity index (χ3v) is 6.20. The number of anilines is 1. The summed E-state index contributed by atoms with van der Waals surface area (Å²) < 4.78 is 61.5. The van der Waals surface area contributed by atoms with Crippen LogP contribution < -0.4 is 5.32 Å². The number of carbonyl (C=O) groups is 1. The molecule has 1 heterocycles. The van der Waals surface area contributed by atoms with Gasteiger partial charge in [0.2, 0.25) is 5.91 Å². The number of nitrogens with one attached hydrogen (secondary N) is 1. The van der Waals surface area contributed by atoms with Gasteiger partial charge in [0.1, 0.15) is 6.04 Å². The summed E-state index contributed by atoms with van der Waals surface area (Å²) in [6.07, 6.45) is -4.45. The van der Waals surface area contributed by atoms with Crippen molar-refractivity contribution in [3.05, 3.63) is 65.7 Å². The number of nitrogens with zero attached hydrogens (tertiary/aromatic N) is 1. The Morgan fingerprint density at radius 3 is 2.07 bits per heavy atom. The van der Waals surface area contributed by atoms with Crippen molar-refractivity contribution in [3.8, 4) is 0 Å². The highest BCUT2D eigenvalue weighted by molar-refractivity contribution is 7.91. The molecule has 2 aromatic rings. The summed E-state index contributed by atoms with van der Waals surface area (Å²) in [6, 6.07) is 12.3. The summed E-state index contributed by atoms with van der Waals surface area (Å²) in [5.41, 5.74) is 0.126. The first-order valence-corrected chi connectivity index (χ1v) is 10.5. The number of sulfone groups is 1. The minimum atomic E-state index is -4.45. The van der Waals surface area contributed by atoms with Crippen molar-refractivity contribution in [2.45, 2.75) is 12.2 Å². The number of rotatable bonds is 4. The Morgan fingerprint density at radius 2 is 1.54 bits per heavy atom. The van der Waals surface area contributed by atoms with E-state index in [0.29, 0.717) is 5.56 Å². The van der Waals surface area contributed by atoms with Crippen LogP contribution in [0.2, 0.25) is 0 Å². The Balaban J connectivity index is 1.81. The van der Waals surface area contributed by atoms with Gasteiger partial charge in [0.15, 0.2) is 9.84 Å². The van der Waals surface area contributed by atoms with Crippen LogP contribution in [0.25, 0.3) is 0 Å². The summed E-state index contributed by atoms with van der Waals surface area (Å²) in [5, 5.41) is 2.64. The van der Waals surface area contributed by atoms with E-state index in [1.807, 2.05) is 0 Å². The van der Waals surface area contributed by atoms with E-state index in [9.17, 15) is 26.4 Å². The Bertz CT molecular complexity index is 915. The third kappa shape index (κ3) is 4.90. The molecule has 3 rings (SSSR count). The van der Waals surface area contributed by atoms with Crippen LogP contribution in [0.4, 0.5) is 18.9 Å². The van der Waals surface area contributed by atoms with E-state index in [-0.39, 0.29) is 30.3 Å². The topological polar surface area (TPSA) is 66.5 Å². The Kier molecular flexibility index (Phi) is 5.76. The average molecular weight is 412 g/mol. The van der Waals surface area contributed by atoms with Gasteiger partial charge in [0, 0.05) is 18.8 Å². The van der Waals surface area contributed by atoms with Crippen molar-refractivity contribution in [3.63, 3.8) is 0 Å². The van der Waals surface area contributed by atoms with Crippen LogP contribution in [-0.2, 0) is 20.8 Å². The van der Waals surface area contributed by atoms with Gasteiger partial charge in [-0.05, 0) is 29.8 Å². The van der Waals surface area contributed by atoms with Gasteiger partial charge in [0.05, 0.1) is 17.1 Å². The molecule has 1 N–H and O–H groups in total. The molecule has 0 aliphatic carbocycles. The lowest BCUT2D eigenvalue weighted by molar-refractivity contribution is -0.137. The maximum atomic E-state index is 12.9. The zero-order valence-electron chi connectivity index (χ0n) is 14.8. The van der Waals surface area contributed by atoms with Crippen molar-refractivity contribution in [2.24, 2.45) is 0 Å². The van der Waals surface area contributed by atoms with Crippen LogP contribution >= 0.6 is 0 Å². The second-order valence-electron chi connectivity index (χ2n) is 6.57. The predicted molar refractivity (Wildman–Crippen MR) is 99.5 cm³/mol. The van der Waals surface area contributed by atoms with Gasteiger partial charge in [-0.3, -0.25) is 9.69 Å². The van der Waals surface area contributed by atoms with E-state index in [2.05, 4.69) is 5.32 Å². The summed E-state index contributed by atoms with van der Waals surface area (Å²) >= 11 is 0. The quantitative estimate of drug-likeness (QED) is 0.838. The summed E-state index contributed by atoms with van der Waals surface area (Å²) in [4.78, 5) is 14.7. The number of carbonyl (C=O) groups excluding carboxylic acids is 1. The van der Waals surface area contributed by atoms with Gasteiger partial charge in [0.25, 0.3) is 0 Å². The number of hydrogen-bond acceptors (Lipinski definition) is 4. The molecule has 0 bridgehead atoms. The van der Waals surface area contributed by atoms with E-state index in [1.54, 1.807) is 35.2 Å². The molecule has 28 heavy (non-hydrogen) atoms. The first kappa shape index (κ1) is 20.3. The first-order chi connectivity index (χ1) is 13.2. The fraction of sp³-hybridized carbons (Fsp3) is 0.316. The highest BCUT2D eigenvalue weighted by Gasteiger charge is 2.33. The number of hydrogen-bond donors (Lipinski definition) is 1. The second-order valence-corrected chi connectivity index (χ2v) is 8.87.